The summed E-state index contributed by atoms with van der Waals surface area (Å²) in [6.45, 7) is 3.89. The molecular weight excluding hydrogens is 244 g/mol. The number of thiophene rings is 1. The van der Waals surface area contributed by atoms with E-state index in [0.717, 1.165) is 16.0 Å². The molecule has 1 aromatic carbocycles. The predicted octanol–water partition coefficient (Wildman–Crippen LogP) is 3.98. The Morgan fingerprint density at radius 1 is 1.28 bits per heavy atom. The number of rotatable bonds is 3. The highest BCUT2D eigenvalue weighted by Gasteiger charge is 2.04. The summed E-state index contributed by atoms with van der Waals surface area (Å²) in [6.07, 6.45) is 3.21. The lowest BCUT2D eigenvalue weighted by atomic mass is 10.1. The highest BCUT2D eigenvalue weighted by Crippen LogP contribution is 2.19. The van der Waals surface area contributed by atoms with Crippen LogP contribution in [-0.4, -0.2) is 5.97 Å². The van der Waals surface area contributed by atoms with Gasteiger partial charge in [-0.1, -0.05) is 18.2 Å². The third kappa shape index (κ3) is 3.31. The third-order valence-electron chi connectivity index (χ3n) is 2.48. The monoisotopic (exact) mass is 258 g/mol. The Bertz CT molecular complexity index is 568. The Labute approximate surface area is 111 Å². The molecule has 0 aliphatic carbocycles. The van der Waals surface area contributed by atoms with E-state index in [1.807, 2.05) is 49.6 Å². The van der Waals surface area contributed by atoms with Gasteiger partial charge in [-0.3, -0.25) is 0 Å². The van der Waals surface area contributed by atoms with E-state index in [1.165, 1.54) is 6.08 Å². The third-order valence-corrected chi connectivity index (χ3v) is 3.32. The van der Waals surface area contributed by atoms with Crippen LogP contribution in [0.15, 0.2) is 41.8 Å². The molecule has 0 aliphatic rings. The number of ether oxygens (including phenoxy) is 1. The van der Waals surface area contributed by atoms with E-state index in [4.69, 9.17) is 4.74 Å². The van der Waals surface area contributed by atoms with Gasteiger partial charge < -0.3 is 4.74 Å². The van der Waals surface area contributed by atoms with Gasteiger partial charge in [0.05, 0.1) is 0 Å². The second kappa shape index (κ2) is 5.65. The summed E-state index contributed by atoms with van der Waals surface area (Å²) in [7, 11) is 0. The molecule has 3 heteroatoms. The largest absolute Gasteiger partial charge is 0.423 e. The van der Waals surface area contributed by atoms with Gasteiger partial charge >= 0.3 is 5.97 Å². The number of carbonyl (C=O) groups is 1. The van der Waals surface area contributed by atoms with Crippen LogP contribution >= 0.6 is 11.3 Å². The second-order valence-electron chi connectivity index (χ2n) is 4.04. The van der Waals surface area contributed by atoms with E-state index in [0.29, 0.717) is 5.75 Å². The van der Waals surface area contributed by atoms with E-state index in [2.05, 4.69) is 0 Å². The Balaban J connectivity index is 2.05. The highest BCUT2D eigenvalue weighted by molar-refractivity contribution is 7.10. The molecule has 0 bridgehead atoms. The summed E-state index contributed by atoms with van der Waals surface area (Å²) in [4.78, 5) is 12.7. The molecule has 92 valence electrons. The van der Waals surface area contributed by atoms with Gasteiger partial charge in [-0.05, 0) is 48.6 Å². The molecule has 0 fully saturated rings. The van der Waals surface area contributed by atoms with Crippen molar-refractivity contribution in [3.05, 3.63) is 57.8 Å². The van der Waals surface area contributed by atoms with Crippen molar-refractivity contribution in [3.8, 4) is 5.75 Å². The van der Waals surface area contributed by atoms with Crippen LogP contribution in [0, 0.1) is 13.8 Å². The molecule has 1 aromatic heterocycles. The maximum atomic E-state index is 11.7. The van der Waals surface area contributed by atoms with Crippen molar-refractivity contribution in [3.63, 3.8) is 0 Å². The molecule has 0 spiro atoms. The molecule has 1 heterocycles. The van der Waals surface area contributed by atoms with Gasteiger partial charge in [0, 0.05) is 11.0 Å². The van der Waals surface area contributed by atoms with Crippen LogP contribution in [0.4, 0.5) is 0 Å². The first-order valence-electron chi connectivity index (χ1n) is 5.66. The van der Waals surface area contributed by atoms with Crippen molar-refractivity contribution in [2.24, 2.45) is 0 Å². The SMILES string of the molecule is Cc1ccc(C)c(OC(=O)C=Cc2cccs2)c1. The molecule has 2 nitrogen and oxygen atoms in total. The Hall–Kier alpha value is -1.87. The minimum atomic E-state index is -0.350. The van der Waals surface area contributed by atoms with E-state index in [9.17, 15) is 4.79 Å². The number of hydrogen-bond donors (Lipinski definition) is 0. The van der Waals surface area contributed by atoms with Crippen molar-refractivity contribution < 1.29 is 9.53 Å². The first kappa shape index (κ1) is 12.6. The topological polar surface area (TPSA) is 26.3 Å². The number of aryl methyl sites for hydroxylation is 2. The number of esters is 1. The molecule has 0 saturated heterocycles. The van der Waals surface area contributed by atoms with Gasteiger partial charge in [-0.15, -0.1) is 11.3 Å². The van der Waals surface area contributed by atoms with Crippen LogP contribution < -0.4 is 4.74 Å². The normalized spacial score (nSPS) is 10.8. The molecule has 0 atom stereocenters. The van der Waals surface area contributed by atoms with Crippen LogP contribution in [0.5, 0.6) is 5.75 Å². The Morgan fingerprint density at radius 3 is 2.83 bits per heavy atom. The average molecular weight is 258 g/mol. The average Bonchev–Trinajstić information content (AvgIpc) is 2.84. The molecule has 0 aliphatic heterocycles. The molecule has 18 heavy (non-hydrogen) atoms. The smallest absolute Gasteiger partial charge is 0.336 e. The van der Waals surface area contributed by atoms with Crippen LogP contribution in [0.3, 0.4) is 0 Å². The lowest BCUT2D eigenvalue weighted by Crippen LogP contribution is -2.04. The fourth-order valence-electron chi connectivity index (χ4n) is 1.50. The molecule has 0 N–H and O–H groups in total. The first-order valence-corrected chi connectivity index (χ1v) is 6.54. The van der Waals surface area contributed by atoms with Gasteiger partial charge in [0.2, 0.25) is 0 Å². The summed E-state index contributed by atoms with van der Waals surface area (Å²) >= 11 is 1.58. The van der Waals surface area contributed by atoms with Gasteiger partial charge in [-0.2, -0.15) is 0 Å². The molecule has 0 amide bonds. The van der Waals surface area contributed by atoms with Gasteiger partial charge in [-0.25, -0.2) is 4.79 Å². The molecular formula is C15H14O2S. The predicted molar refractivity (Wildman–Crippen MR) is 74.9 cm³/mol. The molecule has 0 radical (unpaired) electrons. The zero-order valence-electron chi connectivity index (χ0n) is 10.3. The minimum Gasteiger partial charge on any atom is -0.423 e. The lowest BCUT2D eigenvalue weighted by molar-refractivity contribution is -0.128. The summed E-state index contributed by atoms with van der Waals surface area (Å²) in [5, 5.41) is 1.97. The van der Waals surface area contributed by atoms with Crippen LogP contribution in [-0.2, 0) is 4.79 Å². The quantitative estimate of drug-likeness (QED) is 0.473. The second-order valence-corrected chi connectivity index (χ2v) is 5.02. The Kier molecular flexibility index (Phi) is 3.95. The van der Waals surface area contributed by atoms with E-state index >= 15 is 0 Å². The zero-order chi connectivity index (χ0) is 13.0. The summed E-state index contributed by atoms with van der Waals surface area (Å²) in [5.74, 6) is 0.271. The fourth-order valence-corrected chi connectivity index (χ4v) is 2.11. The molecule has 2 aromatic rings. The standard InChI is InChI=1S/C15H14O2S/c1-11-5-6-12(2)14(10-11)17-15(16)8-7-13-4-3-9-18-13/h3-10H,1-2H3. The van der Waals surface area contributed by atoms with Crippen molar-refractivity contribution in [1.29, 1.82) is 0 Å². The zero-order valence-corrected chi connectivity index (χ0v) is 11.2. The van der Waals surface area contributed by atoms with Gasteiger partial charge in [0.25, 0.3) is 0 Å². The Morgan fingerprint density at radius 2 is 2.11 bits per heavy atom. The number of hydrogen-bond acceptors (Lipinski definition) is 3. The maximum absolute atomic E-state index is 11.7. The lowest BCUT2D eigenvalue weighted by Gasteiger charge is -2.05. The van der Waals surface area contributed by atoms with Gasteiger partial charge in [0.15, 0.2) is 0 Å². The maximum Gasteiger partial charge on any atom is 0.336 e. The summed E-state index contributed by atoms with van der Waals surface area (Å²) < 4.78 is 5.30. The fraction of sp³-hybridized carbons (Fsp3) is 0.133. The molecule has 0 saturated carbocycles. The van der Waals surface area contributed by atoms with Crippen LogP contribution in [0.1, 0.15) is 16.0 Å². The highest BCUT2D eigenvalue weighted by atomic mass is 32.1. The first-order chi connectivity index (χ1) is 8.65. The molecule has 2 rings (SSSR count). The van der Waals surface area contributed by atoms with Crippen molar-refractivity contribution in [2.75, 3.05) is 0 Å². The van der Waals surface area contributed by atoms with Crippen molar-refractivity contribution in [1.82, 2.24) is 0 Å². The van der Waals surface area contributed by atoms with E-state index in [-0.39, 0.29) is 5.97 Å². The van der Waals surface area contributed by atoms with E-state index < -0.39 is 0 Å². The summed E-state index contributed by atoms with van der Waals surface area (Å²) in [6, 6.07) is 9.70. The van der Waals surface area contributed by atoms with Crippen LogP contribution in [0.25, 0.3) is 6.08 Å². The number of benzene rings is 1. The van der Waals surface area contributed by atoms with Gasteiger partial charge in [0.1, 0.15) is 5.75 Å². The summed E-state index contributed by atoms with van der Waals surface area (Å²) in [5.41, 5.74) is 2.03. The van der Waals surface area contributed by atoms with Crippen molar-refractivity contribution >= 4 is 23.4 Å². The van der Waals surface area contributed by atoms with Crippen LogP contribution in [0.2, 0.25) is 0 Å². The van der Waals surface area contributed by atoms with E-state index in [1.54, 1.807) is 17.4 Å². The minimum absolute atomic E-state index is 0.350. The number of carbonyl (C=O) groups excluding carboxylic acids is 1. The molecule has 0 unspecified atom stereocenters. The van der Waals surface area contributed by atoms with Crippen molar-refractivity contribution in [2.45, 2.75) is 13.8 Å².